The number of halogens is 2. The van der Waals surface area contributed by atoms with E-state index in [1.807, 2.05) is 0 Å². The minimum atomic E-state index is -0.515. The third kappa shape index (κ3) is 4.00. The standard InChI is InChI=1S/C16H23F2N/c1-11(2)12-4-7-15(8-5-12)19-10-13-3-6-14(17)9-16(13)18/h3,6,9,11-12,15,19H,4-5,7-8,10H2,1-2H3. The summed E-state index contributed by atoms with van der Waals surface area (Å²) in [7, 11) is 0. The summed E-state index contributed by atoms with van der Waals surface area (Å²) in [5, 5.41) is 3.40. The SMILES string of the molecule is CC(C)C1CCC(NCc2ccc(F)cc2F)CC1. The van der Waals surface area contributed by atoms with E-state index in [0.29, 0.717) is 18.2 Å². The molecular weight excluding hydrogens is 244 g/mol. The first-order valence-corrected chi connectivity index (χ1v) is 7.23. The van der Waals surface area contributed by atoms with Crippen LogP contribution >= 0.6 is 0 Å². The maximum atomic E-state index is 13.5. The molecule has 106 valence electrons. The largest absolute Gasteiger partial charge is 0.310 e. The summed E-state index contributed by atoms with van der Waals surface area (Å²) < 4.78 is 26.3. The van der Waals surface area contributed by atoms with Gasteiger partial charge >= 0.3 is 0 Å². The van der Waals surface area contributed by atoms with Crippen LogP contribution in [0.2, 0.25) is 0 Å². The zero-order valence-electron chi connectivity index (χ0n) is 11.8. The molecule has 0 aliphatic heterocycles. The Morgan fingerprint density at radius 1 is 1.16 bits per heavy atom. The fourth-order valence-electron chi connectivity index (χ4n) is 2.91. The van der Waals surface area contributed by atoms with Crippen LogP contribution in [0.25, 0.3) is 0 Å². The van der Waals surface area contributed by atoms with Gasteiger partial charge in [0.1, 0.15) is 11.6 Å². The van der Waals surface area contributed by atoms with Gasteiger partial charge in [0.2, 0.25) is 0 Å². The Labute approximate surface area is 114 Å². The van der Waals surface area contributed by atoms with E-state index in [4.69, 9.17) is 0 Å². The molecule has 19 heavy (non-hydrogen) atoms. The van der Waals surface area contributed by atoms with Gasteiger partial charge in [0.05, 0.1) is 0 Å². The van der Waals surface area contributed by atoms with Gasteiger partial charge in [-0.2, -0.15) is 0 Å². The predicted octanol–water partition coefficient (Wildman–Crippen LogP) is 4.27. The van der Waals surface area contributed by atoms with Crippen molar-refractivity contribution in [1.29, 1.82) is 0 Å². The molecule has 0 saturated heterocycles. The molecule has 1 aliphatic rings. The van der Waals surface area contributed by atoms with E-state index in [9.17, 15) is 8.78 Å². The molecule has 1 saturated carbocycles. The van der Waals surface area contributed by atoms with Crippen LogP contribution in [0.15, 0.2) is 18.2 Å². The van der Waals surface area contributed by atoms with Crippen LogP contribution < -0.4 is 5.32 Å². The van der Waals surface area contributed by atoms with Crippen molar-refractivity contribution in [3.63, 3.8) is 0 Å². The average Bonchev–Trinajstić information content (AvgIpc) is 2.38. The molecule has 1 aliphatic carbocycles. The molecule has 0 unspecified atom stereocenters. The van der Waals surface area contributed by atoms with Gasteiger partial charge in [-0.25, -0.2) is 8.78 Å². The highest BCUT2D eigenvalue weighted by molar-refractivity contribution is 5.18. The Morgan fingerprint density at radius 2 is 1.84 bits per heavy atom. The van der Waals surface area contributed by atoms with Crippen molar-refractivity contribution in [3.8, 4) is 0 Å². The van der Waals surface area contributed by atoms with Crippen LogP contribution in [0.1, 0.15) is 45.1 Å². The van der Waals surface area contributed by atoms with Crippen molar-refractivity contribution >= 4 is 0 Å². The van der Waals surface area contributed by atoms with E-state index in [1.165, 1.54) is 25.0 Å². The predicted molar refractivity (Wildman–Crippen MR) is 73.8 cm³/mol. The number of rotatable bonds is 4. The zero-order valence-corrected chi connectivity index (χ0v) is 11.8. The highest BCUT2D eigenvalue weighted by atomic mass is 19.1. The third-order valence-corrected chi connectivity index (χ3v) is 4.31. The Balaban J connectivity index is 1.80. The third-order valence-electron chi connectivity index (χ3n) is 4.31. The summed E-state index contributed by atoms with van der Waals surface area (Å²) in [6.07, 6.45) is 4.82. The minimum absolute atomic E-state index is 0.455. The first-order chi connectivity index (χ1) is 9.06. The molecule has 0 amide bonds. The van der Waals surface area contributed by atoms with Crippen molar-refractivity contribution < 1.29 is 8.78 Å². The lowest BCUT2D eigenvalue weighted by atomic mass is 9.80. The van der Waals surface area contributed by atoms with Gasteiger partial charge in [-0.3, -0.25) is 0 Å². The van der Waals surface area contributed by atoms with E-state index < -0.39 is 11.6 Å². The molecule has 0 atom stereocenters. The van der Waals surface area contributed by atoms with Crippen LogP contribution in [0, 0.1) is 23.5 Å². The first kappa shape index (κ1) is 14.4. The summed E-state index contributed by atoms with van der Waals surface area (Å²) in [6, 6.07) is 4.26. The van der Waals surface area contributed by atoms with E-state index >= 15 is 0 Å². The van der Waals surface area contributed by atoms with Gasteiger partial charge in [-0.1, -0.05) is 19.9 Å². The molecule has 0 heterocycles. The molecule has 0 aromatic heterocycles. The molecule has 0 radical (unpaired) electrons. The maximum absolute atomic E-state index is 13.5. The Bertz CT molecular complexity index is 409. The average molecular weight is 267 g/mol. The maximum Gasteiger partial charge on any atom is 0.130 e. The number of hydrogen-bond acceptors (Lipinski definition) is 1. The lowest BCUT2D eigenvalue weighted by Crippen LogP contribution is -2.34. The van der Waals surface area contributed by atoms with Gasteiger partial charge in [0, 0.05) is 24.2 Å². The zero-order chi connectivity index (χ0) is 13.8. The second-order valence-corrected chi connectivity index (χ2v) is 5.97. The fourth-order valence-corrected chi connectivity index (χ4v) is 2.91. The number of hydrogen-bond donors (Lipinski definition) is 1. The van der Waals surface area contributed by atoms with E-state index in [1.54, 1.807) is 0 Å². The normalized spacial score (nSPS) is 23.8. The highest BCUT2D eigenvalue weighted by Crippen LogP contribution is 2.30. The van der Waals surface area contributed by atoms with Crippen molar-refractivity contribution in [2.24, 2.45) is 11.8 Å². The molecule has 0 spiro atoms. The van der Waals surface area contributed by atoms with Crippen molar-refractivity contribution in [1.82, 2.24) is 5.32 Å². The van der Waals surface area contributed by atoms with Crippen LogP contribution in [-0.2, 0) is 6.54 Å². The van der Waals surface area contributed by atoms with Crippen LogP contribution in [-0.4, -0.2) is 6.04 Å². The molecular formula is C16H23F2N. The van der Waals surface area contributed by atoms with Gasteiger partial charge in [-0.05, 0) is 43.6 Å². The summed E-state index contributed by atoms with van der Waals surface area (Å²) in [5.74, 6) is 0.623. The Hall–Kier alpha value is -0.960. The van der Waals surface area contributed by atoms with Crippen molar-refractivity contribution in [2.45, 2.75) is 52.1 Å². The molecule has 1 aromatic carbocycles. The summed E-state index contributed by atoms with van der Waals surface area (Å²) in [4.78, 5) is 0. The minimum Gasteiger partial charge on any atom is -0.310 e. The summed E-state index contributed by atoms with van der Waals surface area (Å²) in [6.45, 7) is 5.06. The van der Waals surface area contributed by atoms with Gasteiger partial charge in [0.15, 0.2) is 0 Å². The monoisotopic (exact) mass is 267 g/mol. The molecule has 2 rings (SSSR count). The summed E-state index contributed by atoms with van der Waals surface area (Å²) in [5.41, 5.74) is 0.549. The van der Waals surface area contributed by atoms with Crippen molar-refractivity contribution in [2.75, 3.05) is 0 Å². The van der Waals surface area contributed by atoms with E-state index in [-0.39, 0.29) is 0 Å². The number of nitrogens with one attached hydrogen (secondary N) is 1. The van der Waals surface area contributed by atoms with E-state index in [2.05, 4.69) is 19.2 Å². The molecule has 0 bridgehead atoms. The first-order valence-electron chi connectivity index (χ1n) is 7.23. The molecule has 1 aromatic rings. The van der Waals surface area contributed by atoms with Crippen LogP contribution in [0.5, 0.6) is 0 Å². The summed E-state index contributed by atoms with van der Waals surface area (Å²) >= 11 is 0. The molecule has 3 heteroatoms. The Kier molecular flexibility index (Phi) is 4.92. The van der Waals surface area contributed by atoms with Gasteiger partial charge < -0.3 is 5.32 Å². The molecule has 1 N–H and O–H groups in total. The quantitative estimate of drug-likeness (QED) is 0.859. The smallest absolute Gasteiger partial charge is 0.130 e. The van der Waals surface area contributed by atoms with Crippen LogP contribution in [0.4, 0.5) is 8.78 Å². The van der Waals surface area contributed by atoms with E-state index in [0.717, 1.165) is 30.7 Å². The number of benzene rings is 1. The van der Waals surface area contributed by atoms with Crippen molar-refractivity contribution in [3.05, 3.63) is 35.4 Å². The van der Waals surface area contributed by atoms with Gasteiger partial charge in [0.25, 0.3) is 0 Å². The molecule has 1 fully saturated rings. The van der Waals surface area contributed by atoms with Gasteiger partial charge in [-0.15, -0.1) is 0 Å². The Morgan fingerprint density at radius 3 is 2.42 bits per heavy atom. The second kappa shape index (κ2) is 6.47. The second-order valence-electron chi connectivity index (χ2n) is 5.97. The lowest BCUT2D eigenvalue weighted by Gasteiger charge is -2.31. The topological polar surface area (TPSA) is 12.0 Å². The lowest BCUT2D eigenvalue weighted by molar-refractivity contribution is 0.238. The molecule has 1 nitrogen and oxygen atoms in total. The highest BCUT2D eigenvalue weighted by Gasteiger charge is 2.22. The van der Waals surface area contributed by atoms with Crippen LogP contribution in [0.3, 0.4) is 0 Å². The fraction of sp³-hybridized carbons (Fsp3) is 0.625.